The van der Waals surface area contributed by atoms with Gasteiger partial charge in [-0.15, -0.1) is 0 Å². The molecule has 1 rings (SSSR count). The lowest BCUT2D eigenvalue weighted by atomic mass is 10.3. The van der Waals surface area contributed by atoms with Gasteiger partial charge in [0.1, 0.15) is 12.4 Å². The third-order valence-electron chi connectivity index (χ3n) is 3.59. The van der Waals surface area contributed by atoms with Gasteiger partial charge in [0.25, 0.3) is 0 Å². The highest BCUT2D eigenvalue weighted by Crippen LogP contribution is 2.24. The molecule has 0 fully saturated rings. The van der Waals surface area contributed by atoms with Crippen LogP contribution in [-0.2, 0) is 0 Å². The molecular weight excluding hydrogens is 278 g/mol. The van der Waals surface area contributed by atoms with E-state index in [0.717, 1.165) is 38.3 Å². The van der Waals surface area contributed by atoms with Crippen LogP contribution in [0.4, 0.5) is 10.5 Å². The van der Waals surface area contributed by atoms with Gasteiger partial charge in [0.15, 0.2) is 0 Å². The van der Waals surface area contributed by atoms with E-state index in [1.807, 2.05) is 31.2 Å². The molecule has 1 N–H and O–H groups in total. The molecule has 0 aromatic heterocycles. The minimum Gasteiger partial charge on any atom is -0.490 e. The molecule has 0 spiro atoms. The summed E-state index contributed by atoms with van der Waals surface area (Å²) in [7, 11) is 1.79. The molecule has 0 heterocycles. The maximum absolute atomic E-state index is 12.1. The second kappa shape index (κ2) is 10.1. The Morgan fingerprint density at radius 1 is 1.14 bits per heavy atom. The standard InChI is InChI=1S/C17H29N3O2/c1-5-12-19(4)17(21)18-15-10-8-9-11-16(15)22-14-13-20(6-2)7-3/h8-11H,5-7,12-14H2,1-4H3,(H,18,21). The van der Waals surface area contributed by atoms with E-state index in [1.165, 1.54) is 0 Å². The van der Waals surface area contributed by atoms with E-state index in [1.54, 1.807) is 11.9 Å². The summed E-state index contributed by atoms with van der Waals surface area (Å²) in [4.78, 5) is 16.1. The molecule has 5 heteroatoms. The number of urea groups is 1. The molecule has 0 radical (unpaired) electrons. The van der Waals surface area contributed by atoms with E-state index in [2.05, 4.69) is 24.1 Å². The van der Waals surface area contributed by atoms with Gasteiger partial charge in [0.2, 0.25) is 0 Å². The molecule has 0 aliphatic carbocycles. The van der Waals surface area contributed by atoms with E-state index in [4.69, 9.17) is 4.74 Å². The molecule has 2 amide bonds. The Kier molecular flexibility index (Phi) is 8.36. The predicted octanol–water partition coefficient (Wildman–Crippen LogP) is 3.28. The molecule has 5 nitrogen and oxygen atoms in total. The highest BCUT2D eigenvalue weighted by atomic mass is 16.5. The van der Waals surface area contributed by atoms with Gasteiger partial charge in [-0.3, -0.25) is 0 Å². The third-order valence-corrected chi connectivity index (χ3v) is 3.59. The first-order valence-corrected chi connectivity index (χ1v) is 8.08. The normalized spacial score (nSPS) is 10.6. The summed E-state index contributed by atoms with van der Waals surface area (Å²) >= 11 is 0. The highest BCUT2D eigenvalue weighted by molar-refractivity contribution is 5.90. The summed E-state index contributed by atoms with van der Waals surface area (Å²) in [5.74, 6) is 0.716. The van der Waals surface area contributed by atoms with Crippen molar-refractivity contribution >= 4 is 11.7 Å². The van der Waals surface area contributed by atoms with Crippen LogP contribution in [0.1, 0.15) is 27.2 Å². The Balaban J connectivity index is 2.60. The van der Waals surface area contributed by atoms with E-state index < -0.39 is 0 Å². The zero-order chi connectivity index (χ0) is 16.4. The van der Waals surface area contributed by atoms with Gasteiger partial charge in [-0.1, -0.05) is 32.9 Å². The van der Waals surface area contributed by atoms with Crippen LogP contribution in [0.2, 0.25) is 0 Å². The Hall–Kier alpha value is -1.75. The average molecular weight is 307 g/mol. The van der Waals surface area contributed by atoms with Crippen LogP contribution in [-0.4, -0.2) is 55.7 Å². The van der Waals surface area contributed by atoms with Crippen molar-refractivity contribution in [3.05, 3.63) is 24.3 Å². The Morgan fingerprint density at radius 3 is 2.45 bits per heavy atom. The lowest BCUT2D eigenvalue weighted by Crippen LogP contribution is -2.32. The van der Waals surface area contributed by atoms with Crippen LogP contribution in [0.3, 0.4) is 0 Å². The van der Waals surface area contributed by atoms with Gasteiger partial charge >= 0.3 is 6.03 Å². The molecule has 22 heavy (non-hydrogen) atoms. The predicted molar refractivity (Wildman–Crippen MR) is 91.7 cm³/mol. The zero-order valence-electron chi connectivity index (χ0n) is 14.3. The second-order valence-electron chi connectivity index (χ2n) is 5.22. The number of likely N-dealkylation sites (N-methyl/N-ethyl adjacent to an activating group) is 1. The summed E-state index contributed by atoms with van der Waals surface area (Å²) in [6.45, 7) is 10.6. The highest BCUT2D eigenvalue weighted by Gasteiger charge is 2.11. The number of benzene rings is 1. The van der Waals surface area contributed by atoms with Crippen LogP contribution in [0.25, 0.3) is 0 Å². The maximum Gasteiger partial charge on any atom is 0.321 e. The SMILES string of the molecule is CCCN(C)C(=O)Nc1ccccc1OCCN(CC)CC. The molecular formula is C17H29N3O2. The molecule has 0 aliphatic heterocycles. The van der Waals surface area contributed by atoms with E-state index in [-0.39, 0.29) is 6.03 Å². The largest absolute Gasteiger partial charge is 0.490 e. The number of carbonyl (C=O) groups excluding carboxylic acids is 1. The number of amides is 2. The zero-order valence-corrected chi connectivity index (χ0v) is 14.3. The fraction of sp³-hybridized carbons (Fsp3) is 0.588. The molecule has 0 aliphatic rings. The van der Waals surface area contributed by atoms with Gasteiger partial charge in [-0.25, -0.2) is 4.79 Å². The summed E-state index contributed by atoms with van der Waals surface area (Å²) in [5, 5.41) is 2.91. The molecule has 0 bridgehead atoms. The van der Waals surface area contributed by atoms with Crippen LogP contribution in [0, 0.1) is 0 Å². The summed E-state index contributed by atoms with van der Waals surface area (Å²) in [6, 6.07) is 7.45. The van der Waals surface area contributed by atoms with Crippen LogP contribution >= 0.6 is 0 Å². The molecule has 0 saturated carbocycles. The summed E-state index contributed by atoms with van der Waals surface area (Å²) in [5.41, 5.74) is 0.718. The third kappa shape index (κ3) is 5.93. The van der Waals surface area contributed by atoms with Gasteiger partial charge < -0.3 is 19.9 Å². The van der Waals surface area contributed by atoms with E-state index in [0.29, 0.717) is 12.4 Å². The summed E-state index contributed by atoms with van der Waals surface area (Å²) in [6.07, 6.45) is 0.936. The van der Waals surface area contributed by atoms with Crippen molar-refractivity contribution in [1.29, 1.82) is 0 Å². The minimum absolute atomic E-state index is 0.110. The minimum atomic E-state index is -0.110. The first kappa shape index (κ1) is 18.3. The quantitative estimate of drug-likeness (QED) is 0.761. The number of hydrogen-bond donors (Lipinski definition) is 1. The first-order chi connectivity index (χ1) is 10.6. The Bertz CT molecular complexity index is 447. The number of carbonyl (C=O) groups is 1. The fourth-order valence-electron chi connectivity index (χ4n) is 2.17. The first-order valence-electron chi connectivity index (χ1n) is 8.08. The fourth-order valence-corrected chi connectivity index (χ4v) is 2.17. The maximum atomic E-state index is 12.1. The lowest BCUT2D eigenvalue weighted by molar-refractivity contribution is 0.219. The van der Waals surface area contributed by atoms with Crippen molar-refractivity contribution in [1.82, 2.24) is 9.80 Å². The van der Waals surface area contributed by atoms with Gasteiger partial charge in [0, 0.05) is 20.1 Å². The molecule has 1 aromatic rings. The topological polar surface area (TPSA) is 44.8 Å². The van der Waals surface area contributed by atoms with Crippen molar-refractivity contribution in [2.45, 2.75) is 27.2 Å². The van der Waals surface area contributed by atoms with Crippen molar-refractivity contribution in [2.24, 2.45) is 0 Å². The lowest BCUT2D eigenvalue weighted by Gasteiger charge is -2.20. The van der Waals surface area contributed by atoms with E-state index >= 15 is 0 Å². The van der Waals surface area contributed by atoms with E-state index in [9.17, 15) is 4.79 Å². The molecule has 124 valence electrons. The molecule has 0 saturated heterocycles. The number of para-hydroxylation sites is 2. The van der Waals surface area contributed by atoms with Crippen LogP contribution in [0.5, 0.6) is 5.75 Å². The Morgan fingerprint density at radius 2 is 1.82 bits per heavy atom. The van der Waals surface area contributed by atoms with Crippen LogP contribution < -0.4 is 10.1 Å². The Labute approximate surface area is 134 Å². The van der Waals surface area contributed by atoms with Crippen molar-refractivity contribution in [3.8, 4) is 5.75 Å². The molecule has 0 atom stereocenters. The monoisotopic (exact) mass is 307 g/mol. The number of nitrogens with zero attached hydrogens (tertiary/aromatic N) is 2. The number of ether oxygens (including phenoxy) is 1. The number of hydrogen-bond acceptors (Lipinski definition) is 3. The van der Waals surface area contributed by atoms with Crippen molar-refractivity contribution in [2.75, 3.05) is 45.2 Å². The van der Waals surface area contributed by atoms with Crippen molar-refractivity contribution < 1.29 is 9.53 Å². The van der Waals surface area contributed by atoms with Crippen molar-refractivity contribution in [3.63, 3.8) is 0 Å². The second-order valence-corrected chi connectivity index (χ2v) is 5.22. The van der Waals surface area contributed by atoms with Gasteiger partial charge in [-0.05, 0) is 31.6 Å². The van der Waals surface area contributed by atoms with Gasteiger partial charge in [0.05, 0.1) is 5.69 Å². The van der Waals surface area contributed by atoms with Gasteiger partial charge in [-0.2, -0.15) is 0 Å². The number of anilines is 1. The smallest absolute Gasteiger partial charge is 0.321 e. The number of rotatable bonds is 9. The average Bonchev–Trinajstić information content (AvgIpc) is 2.53. The molecule has 1 aromatic carbocycles. The van der Waals surface area contributed by atoms with Crippen LogP contribution in [0.15, 0.2) is 24.3 Å². The summed E-state index contributed by atoms with van der Waals surface area (Å²) < 4.78 is 5.84. The number of nitrogens with one attached hydrogen (secondary N) is 1. The molecule has 0 unspecified atom stereocenters.